The number of carbonyl (C=O) groups is 1. The van der Waals surface area contributed by atoms with Crippen molar-refractivity contribution < 1.29 is 32.3 Å². The molecule has 4 atom stereocenters. The second-order valence-electron chi connectivity index (χ2n) is 5.82. The first-order valence-corrected chi connectivity index (χ1v) is 8.86. The summed E-state index contributed by atoms with van der Waals surface area (Å²) >= 11 is 0. The van der Waals surface area contributed by atoms with Crippen molar-refractivity contribution in [2.75, 3.05) is 12.3 Å². The third kappa shape index (κ3) is 2.67. The molecule has 2 aromatic heterocycles. The molecule has 2 aliphatic heterocycles. The Kier molecular flexibility index (Phi) is 3.81. The van der Waals surface area contributed by atoms with Gasteiger partial charge in [0.15, 0.2) is 23.2 Å². The fourth-order valence-corrected chi connectivity index (χ4v) is 3.67. The molecule has 0 aliphatic carbocycles. The van der Waals surface area contributed by atoms with E-state index in [1.807, 2.05) is 0 Å². The summed E-state index contributed by atoms with van der Waals surface area (Å²) < 4.78 is 36.8. The summed E-state index contributed by atoms with van der Waals surface area (Å²) in [4.78, 5) is 24.1. The van der Waals surface area contributed by atoms with E-state index < -0.39 is 53.8 Å². The van der Waals surface area contributed by atoms with E-state index in [2.05, 4.69) is 19.1 Å². The van der Waals surface area contributed by atoms with E-state index >= 15 is 0 Å². The molecule has 1 amide bonds. The number of fused-ring (bicyclic) bond motifs is 6. The van der Waals surface area contributed by atoms with Crippen molar-refractivity contribution in [1.82, 2.24) is 24.2 Å². The maximum atomic E-state index is 12.1. The molecule has 1 saturated heterocycles. The number of ether oxygens (including phenoxy) is 1. The van der Waals surface area contributed by atoms with Gasteiger partial charge in [-0.25, -0.2) is 19.7 Å². The Labute approximate surface area is 146 Å². The third-order valence-corrected chi connectivity index (χ3v) is 5.04. The average molecular weight is 386 g/mol. The van der Waals surface area contributed by atoms with Gasteiger partial charge in [0.05, 0.1) is 13.0 Å². The second-order valence-corrected chi connectivity index (χ2v) is 7.16. The largest absolute Gasteiger partial charge is 0.387 e. The van der Waals surface area contributed by atoms with Crippen molar-refractivity contribution in [2.24, 2.45) is 0 Å². The van der Waals surface area contributed by atoms with Gasteiger partial charge in [-0.2, -0.15) is 8.42 Å². The predicted octanol–water partition coefficient (Wildman–Crippen LogP) is -3.04. The van der Waals surface area contributed by atoms with Gasteiger partial charge in [0.2, 0.25) is 5.91 Å². The van der Waals surface area contributed by atoms with Crippen LogP contribution in [-0.2, 0) is 30.4 Å². The van der Waals surface area contributed by atoms with Crippen LogP contribution in [0.5, 0.6) is 0 Å². The molecule has 0 saturated carbocycles. The first-order chi connectivity index (χ1) is 12.3. The lowest BCUT2D eigenvalue weighted by Gasteiger charge is -2.19. The van der Waals surface area contributed by atoms with Gasteiger partial charge >= 0.3 is 10.3 Å². The highest BCUT2D eigenvalue weighted by atomic mass is 32.2. The Morgan fingerprint density at radius 3 is 2.85 bits per heavy atom. The summed E-state index contributed by atoms with van der Waals surface area (Å²) in [5.74, 6) is -0.859. The summed E-state index contributed by atoms with van der Waals surface area (Å²) in [7, 11) is -4.42. The molecule has 14 heteroatoms. The lowest BCUT2D eigenvalue weighted by Crippen LogP contribution is -2.39. The molecule has 2 aromatic rings. The van der Waals surface area contributed by atoms with Crippen molar-refractivity contribution in [2.45, 2.75) is 31.0 Å². The number of nitrogens with zero attached hydrogens (tertiary/aromatic N) is 4. The maximum absolute atomic E-state index is 12.1. The summed E-state index contributed by atoms with van der Waals surface area (Å²) in [6.45, 7) is -0.601. The van der Waals surface area contributed by atoms with Crippen LogP contribution in [0.2, 0.25) is 0 Å². The highest BCUT2D eigenvalue weighted by molar-refractivity contribution is 7.85. The molecule has 2 bridgehead atoms. The maximum Gasteiger partial charge on any atom is 0.362 e. The zero-order chi connectivity index (χ0) is 18.6. The van der Waals surface area contributed by atoms with Gasteiger partial charge in [0.1, 0.15) is 30.5 Å². The van der Waals surface area contributed by atoms with E-state index in [1.54, 1.807) is 4.72 Å². The molecule has 5 N–H and O–H groups in total. The van der Waals surface area contributed by atoms with Gasteiger partial charge in [-0.15, -0.1) is 0 Å². The Morgan fingerprint density at radius 2 is 2.08 bits per heavy atom. The minimum atomic E-state index is -4.42. The molecule has 0 radical (unpaired) electrons. The number of aliphatic hydroxyl groups excluding tert-OH is 2. The summed E-state index contributed by atoms with van der Waals surface area (Å²) in [6, 6.07) is 0. The minimum absolute atomic E-state index is 0.0266. The number of hydrogen-bond acceptors (Lipinski definition) is 11. The fourth-order valence-electron chi connectivity index (χ4n) is 2.95. The van der Waals surface area contributed by atoms with Crippen LogP contribution in [0.4, 0.5) is 5.82 Å². The summed E-state index contributed by atoms with van der Waals surface area (Å²) in [5, 5.41) is 20.5. The highest BCUT2D eigenvalue weighted by Gasteiger charge is 2.46. The molecule has 0 spiro atoms. The van der Waals surface area contributed by atoms with Crippen LogP contribution in [0, 0.1) is 0 Å². The van der Waals surface area contributed by atoms with Gasteiger partial charge in [0.25, 0.3) is 0 Å². The third-order valence-electron chi connectivity index (χ3n) is 4.12. The molecule has 1 fully saturated rings. The predicted molar refractivity (Wildman–Crippen MR) is 82.4 cm³/mol. The van der Waals surface area contributed by atoms with Gasteiger partial charge < -0.3 is 20.7 Å². The SMILES string of the molecule is Nc1ncnc2c1nc1n2[C@@H]2O[C@H](COS(=O)(=O)NC(=O)C1)[C@@H](O)[C@H]2O. The highest BCUT2D eigenvalue weighted by Crippen LogP contribution is 2.34. The Balaban J connectivity index is 1.91. The van der Waals surface area contributed by atoms with Crippen LogP contribution in [-0.4, -0.2) is 69.0 Å². The molecule has 4 heterocycles. The number of rotatable bonds is 0. The van der Waals surface area contributed by atoms with Gasteiger partial charge in [-0.05, 0) is 0 Å². The van der Waals surface area contributed by atoms with E-state index in [0.717, 1.165) is 0 Å². The second kappa shape index (κ2) is 5.82. The number of nitrogens with two attached hydrogens (primary N) is 1. The minimum Gasteiger partial charge on any atom is -0.387 e. The zero-order valence-electron chi connectivity index (χ0n) is 13.0. The molecule has 2 aliphatic rings. The van der Waals surface area contributed by atoms with Crippen LogP contribution in [0.3, 0.4) is 0 Å². The number of carbonyl (C=O) groups excluding carboxylic acids is 1. The summed E-state index contributed by atoms with van der Waals surface area (Å²) in [6.07, 6.45) is -4.55. The molecule has 0 unspecified atom stereocenters. The average Bonchev–Trinajstić information content (AvgIpc) is 3.04. The molecule has 13 nitrogen and oxygen atoms in total. The first kappa shape index (κ1) is 17.0. The normalized spacial score (nSPS) is 31.2. The number of aliphatic hydroxyl groups is 2. The zero-order valence-corrected chi connectivity index (χ0v) is 13.8. The van der Waals surface area contributed by atoms with E-state index in [-0.39, 0.29) is 22.8 Å². The van der Waals surface area contributed by atoms with Crippen molar-refractivity contribution in [3.05, 3.63) is 12.2 Å². The lowest BCUT2D eigenvalue weighted by molar-refractivity contribution is -0.119. The smallest absolute Gasteiger partial charge is 0.362 e. The van der Waals surface area contributed by atoms with E-state index in [0.29, 0.717) is 0 Å². The monoisotopic (exact) mass is 386 g/mol. The van der Waals surface area contributed by atoms with Crippen LogP contribution in [0.15, 0.2) is 6.33 Å². The fraction of sp³-hybridized carbons (Fsp3) is 0.500. The van der Waals surface area contributed by atoms with Crippen LogP contribution in [0.25, 0.3) is 11.2 Å². The molecular formula is C12H14N6O7S. The molecule has 26 heavy (non-hydrogen) atoms. The van der Waals surface area contributed by atoms with Crippen LogP contribution < -0.4 is 10.5 Å². The number of anilines is 1. The van der Waals surface area contributed by atoms with Crippen LogP contribution in [0.1, 0.15) is 12.1 Å². The van der Waals surface area contributed by atoms with E-state index in [9.17, 15) is 23.4 Å². The van der Waals surface area contributed by atoms with Crippen molar-refractivity contribution >= 4 is 33.2 Å². The molecule has 0 aromatic carbocycles. The van der Waals surface area contributed by atoms with Crippen molar-refractivity contribution in [3.8, 4) is 0 Å². The molecule has 4 rings (SSSR count). The van der Waals surface area contributed by atoms with Crippen molar-refractivity contribution in [3.63, 3.8) is 0 Å². The number of hydrogen-bond donors (Lipinski definition) is 4. The Bertz CT molecular complexity index is 991. The number of nitrogen functional groups attached to an aromatic ring is 1. The van der Waals surface area contributed by atoms with Crippen molar-refractivity contribution in [1.29, 1.82) is 0 Å². The number of imidazole rings is 1. The first-order valence-electron chi connectivity index (χ1n) is 7.45. The number of nitrogens with one attached hydrogen (secondary N) is 1. The van der Waals surface area contributed by atoms with Gasteiger partial charge in [-0.3, -0.25) is 13.5 Å². The Morgan fingerprint density at radius 1 is 1.31 bits per heavy atom. The number of amides is 1. The van der Waals surface area contributed by atoms with Gasteiger partial charge in [-0.1, -0.05) is 0 Å². The molecular weight excluding hydrogens is 372 g/mol. The van der Waals surface area contributed by atoms with E-state index in [1.165, 1.54) is 10.9 Å². The van der Waals surface area contributed by atoms with Crippen LogP contribution >= 0.6 is 0 Å². The summed E-state index contributed by atoms with van der Waals surface area (Å²) in [5.41, 5.74) is 6.09. The Hall–Kier alpha value is -2.39. The van der Waals surface area contributed by atoms with E-state index in [4.69, 9.17) is 10.5 Å². The molecule has 140 valence electrons. The topological polar surface area (TPSA) is 192 Å². The lowest BCUT2D eigenvalue weighted by atomic mass is 10.1. The number of aromatic nitrogens is 4. The standard InChI is InChI=1S/C12H14N6O7S/c13-10-7-11(15-3-14-10)18-5(16-7)1-6(19)17-26(22,23)24-2-4-8(20)9(21)12(18)25-4/h3-4,8-9,12,20-21H,1-2H2,(H,17,19)(H2,13,14,15)/t4-,8-,9-,12-/m1/s1. The quantitative estimate of drug-likeness (QED) is 0.360. The van der Waals surface area contributed by atoms with Gasteiger partial charge in [0, 0.05) is 0 Å².